The highest BCUT2D eigenvalue weighted by Gasteiger charge is 2.21. The average Bonchev–Trinajstić information content (AvgIpc) is 2.47. The van der Waals surface area contributed by atoms with Crippen LogP contribution in [0.3, 0.4) is 0 Å². The molecule has 21 heavy (non-hydrogen) atoms. The topological polar surface area (TPSA) is 55.5 Å². The van der Waals surface area contributed by atoms with Gasteiger partial charge in [-0.25, -0.2) is 4.39 Å². The summed E-state index contributed by atoms with van der Waals surface area (Å²) in [6.07, 6.45) is -0.408. The maximum Gasteiger partial charge on any atom is 0.123 e. The highest BCUT2D eigenvalue weighted by molar-refractivity contribution is 5.85. The van der Waals surface area contributed by atoms with Gasteiger partial charge in [-0.15, -0.1) is 12.4 Å². The van der Waals surface area contributed by atoms with Gasteiger partial charge < -0.3 is 15.6 Å². The van der Waals surface area contributed by atoms with E-state index in [4.69, 9.17) is 10.5 Å². The Balaban J connectivity index is 0.00000220. The van der Waals surface area contributed by atoms with Gasteiger partial charge in [-0.05, 0) is 23.8 Å². The number of hydrogen-bond donors (Lipinski definition) is 2. The number of hydrogen-bond acceptors (Lipinski definition) is 3. The van der Waals surface area contributed by atoms with Gasteiger partial charge in [-0.2, -0.15) is 0 Å². The molecule has 3 N–H and O–H groups in total. The summed E-state index contributed by atoms with van der Waals surface area (Å²) < 4.78 is 18.5. The number of aliphatic hydroxyl groups is 1. The number of ether oxygens (including phenoxy) is 1. The molecular weight excluding hydrogens is 293 g/mol. The number of rotatable bonds is 5. The molecule has 2 rings (SSSR count). The number of halogens is 2. The Morgan fingerprint density at radius 2 is 1.86 bits per heavy atom. The molecule has 0 radical (unpaired) electrons. The van der Waals surface area contributed by atoms with Gasteiger partial charge >= 0.3 is 0 Å². The quantitative estimate of drug-likeness (QED) is 0.892. The van der Waals surface area contributed by atoms with Gasteiger partial charge in [-0.1, -0.05) is 30.3 Å². The maximum absolute atomic E-state index is 13.3. The molecule has 114 valence electrons. The van der Waals surface area contributed by atoms with Crippen molar-refractivity contribution in [3.8, 4) is 5.75 Å². The normalized spacial score (nSPS) is 13.1. The minimum Gasteiger partial charge on any atom is -0.496 e. The lowest BCUT2D eigenvalue weighted by atomic mass is 9.96. The van der Waals surface area contributed by atoms with E-state index in [1.165, 1.54) is 25.3 Å². The zero-order chi connectivity index (χ0) is 14.5. The summed E-state index contributed by atoms with van der Waals surface area (Å²) in [5.74, 6) is 0.0779. The van der Waals surface area contributed by atoms with Gasteiger partial charge in [0.15, 0.2) is 0 Å². The second kappa shape index (κ2) is 7.98. The molecule has 5 heteroatoms. The first-order valence-corrected chi connectivity index (χ1v) is 6.43. The Morgan fingerprint density at radius 1 is 1.19 bits per heavy atom. The molecule has 2 atom stereocenters. The Morgan fingerprint density at radius 3 is 2.48 bits per heavy atom. The summed E-state index contributed by atoms with van der Waals surface area (Å²) in [5.41, 5.74) is 7.48. The number of methoxy groups -OCH3 is 1. The van der Waals surface area contributed by atoms with E-state index in [-0.39, 0.29) is 12.4 Å². The van der Waals surface area contributed by atoms with Gasteiger partial charge in [-0.3, -0.25) is 0 Å². The fraction of sp³-hybridized carbons (Fsp3) is 0.250. The van der Waals surface area contributed by atoms with E-state index in [0.29, 0.717) is 17.7 Å². The minimum absolute atomic E-state index is 0. The van der Waals surface area contributed by atoms with Crippen molar-refractivity contribution in [2.75, 3.05) is 7.11 Å². The van der Waals surface area contributed by atoms with Crippen molar-refractivity contribution >= 4 is 12.4 Å². The molecule has 0 aromatic heterocycles. The molecule has 0 fully saturated rings. The predicted octanol–water partition coefficient (Wildman–Crippen LogP) is 2.86. The highest BCUT2D eigenvalue weighted by Crippen LogP contribution is 2.27. The SMILES string of the molecule is COc1ccc(F)cc1[C@H](N)[C@H](O)Cc1ccccc1.Cl. The maximum atomic E-state index is 13.3. The van der Waals surface area contributed by atoms with E-state index < -0.39 is 18.0 Å². The highest BCUT2D eigenvalue weighted by atomic mass is 35.5. The zero-order valence-electron chi connectivity index (χ0n) is 11.7. The lowest BCUT2D eigenvalue weighted by Crippen LogP contribution is -2.28. The molecule has 0 bridgehead atoms. The van der Waals surface area contributed by atoms with Crippen LogP contribution in [0.2, 0.25) is 0 Å². The molecular formula is C16H19ClFNO2. The van der Waals surface area contributed by atoms with E-state index in [1.54, 1.807) is 0 Å². The van der Waals surface area contributed by atoms with Crippen molar-refractivity contribution in [3.63, 3.8) is 0 Å². The summed E-state index contributed by atoms with van der Waals surface area (Å²) in [5, 5.41) is 10.2. The van der Waals surface area contributed by atoms with Gasteiger partial charge in [0.2, 0.25) is 0 Å². The van der Waals surface area contributed by atoms with Crippen LogP contribution in [0.4, 0.5) is 4.39 Å². The van der Waals surface area contributed by atoms with Gasteiger partial charge in [0.25, 0.3) is 0 Å². The Labute approximate surface area is 130 Å². The summed E-state index contributed by atoms with van der Waals surface area (Å²) in [6.45, 7) is 0. The molecule has 0 aliphatic rings. The third-order valence-corrected chi connectivity index (χ3v) is 3.25. The second-order valence-electron chi connectivity index (χ2n) is 4.67. The Hall–Kier alpha value is -1.62. The third-order valence-electron chi connectivity index (χ3n) is 3.25. The monoisotopic (exact) mass is 311 g/mol. The fourth-order valence-electron chi connectivity index (χ4n) is 2.16. The van der Waals surface area contributed by atoms with E-state index in [2.05, 4.69) is 0 Å². The number of benzene rings is 2. The van der Waals surface area contributed by atoms with Crippen LogP contribution in [0, 0.1) is 5.82 Å². The van der Waals surface area contributed by atoms with E-state index in [1.807, 2.05) is 30.3 Å². The predicted molar refractivity (Wildman–Crippen MR) is 83.3 cm³/mol. The van der Waals surface area contributed by atoms with E-state index in [9.17, 15) is 9.50 Å². The molecule has 2 aromatic rings. The number of aliphatic hydroxyl groups excluding tert-OH is 1. The van der Waals surface area contributed by atoms with Crippen LogP contribution in [0.25, 0.3) is 0 Å². The standard InChI is InChI=1S/C16H18FNO2.ClH/c1-20-15-8-7-12(17)10-13(15)16(18)14(19)9-11-5-3-2-4-6-11;/h2-8,10,14,16,19H,9,18H2,1H3;1H/t14-,16+;/m1./s1. The zero-order valence-corrected chi connectivity index (χ0v) is 12.5. The summed E-state index contributed by atoms with van der Waals surface area (Å²) in [6, 6.07) is 13.0. The summed E-state index contributed by atoms with van der Waals surface area (Å²) in [4.78, 5) is 0. The van der Waals surface area contributed by atoms with Crippen LogP contribution < -0.4 is 10.5 Å². The van der Waals surface area contributed by atoms with Crippen molar-refractivity contribution in [2.24, 2.45) is 5.73 Å². The second-order valence-corrected chi connectivity index (χ2v) is 4.67. The van der Waals surface area contributed by atoms with Crippen LogP contribution in [0.15, 0.2) is 48.5 Å². The fourth-order valence-corrected chi connectivity index (χ4v) is 2.16. The smallest absolute Gasteiger partial charge is 0.123 e. The molecule has 0 amide bonds. The molecule has 0 aliphatic carbocycles. The minimum atomic E-state index is -0.812. The van der Waals surface area contributed by atoms with Gasteiger partial charge in [0, 0.05) is 12.0 Å². The molecule has 3 nitrogen and oxygen atoms in total. The Kier molecular flexibility index (Phi) is 6.62. The van der Waals surface area contributed by atoms with Crippen LogP contribution >= 0.6 is 12.4 Å². The lowest BCUT2D eigenvalue weighted by Gasteiger charge is -2.21. The summed E-state index contributed by atoms with van der Waals surface area (Å²) in [7, 11) is 1.49. The van der Waals surface area contributed by atoms with Crippen molar-refractivity contribution in [2.45, 2.75) is 18.6 Å². The van der Waals surface area contributed by atoms with Gasteiger partial charge in [0.1, 0.15) is 11.6 Å². The van der Waals surface area contributed by atoms with E-state index in [0.717, 1.165) is 5.56 Å². The molecule has 0 saturated carbocycles. The Bertz CT molecular complexity index is 565. The van der Waals surface area contributed by atoms with E-state index >= 15 is 0 Å². The first kappa shape index (κ1) is 17.4. The lowest BCUT2D eigenvalue weighted by molar-refractivity contribution is 0.143. The largest absolute Gasteiger partial charge is 0.496 e. The molecule has 0 spiro atoms. The molecule has 2 aromatic carbocycles. The number of nitrogens with two attached hydrogens (primary N) is 1. The molecule has 0 saturated heterocycles. The van der Waals surface area contributed by atoms with Crippen LogP contribution in [0.1, 0.15) is 17.2 Å². The average molecular weight is 312 g/mol. The van der Waals surface area contributed by atoms with Crippen LogP contribution in [-0.2, 0) is 6.42 Å². The van der Waals surface area contributed by atoms with Crippen molar-refractivity contribution in [1.82, 2.24) is 0 Å². The molecule has 0 aliphatic heterocycles. The van der Waals surface area contributed by atoms with Crippen LogP contribution in [0.5, 0.6) is 5.75 Å². The molecule has 0 unspecified atom stereocenters. The first-order chi connectivity index (χ1) is 9.61. The summed E-state index contributed by atoms with van der Waals surface area (Å²) >= 11 is 0. The van der Waals surface area contributed by atoms with Gasteiger partial charge in [0.05, 0.1) is 19.3 Å². The van der Waals surface area contributed by atoms with Crippen LogP contribution in [-0.4, -0.2) is 18.3 Å². The van der Waals surface area contributed by atoms with Crippen molar-refractivity contribution < 1.29 is 14.2 Å². The van der Waals surface area contributed by atoms with Crippen molar-refractivity contribution in [3.05, 3.63) is 65.5 Å². The molecule has 0 heterocycles. The first-order valence-electron chi connectivity index (χ1n) is 6.43. The third kappa shape index (κ3) is 4.43. The van der Waals surface area contributed by atoms with Crippen molar-refractivity contribution in [1.29, 1.82) is 0 Å².